The molecule has 1 atom stereocenters. The highest BCUT2D eigenvalue weighted by molar-refractivity contribution is 7.12. The van der Waals surface area contributed by atoms with Gasteiger partial charge in [-0.15, -0.1) is 11.3 Å². The Balaban J connectivity index is 2.07. The van der Waals surface area contributed by atoms with Crippen molar-refractivity contribution in [2.24, 2.45) is 0 Å². The van der Waals surface area contributed by atoms with Gasteiger partial charge in [-0.2, -0.15) is 0 Å². The van der Waals surface area contributed by atoms with Crippen molar-refractivity contribution in [3.63, 3.8) is 0 Å². The maximum Gasteiger partial charge on any atom is 0.221 e. The average molecular weight is 210 g/mol. The predicted molar refractivity (Wildman–Crippen MR) is 57.4 cm³/mol. The fraction of sp³-hybridized carbons (Fsp3) is 0.500. The highest BCUT2D eigenvalue weighted by Gasteiger charge is 2.17. The molecular weight excluding hydrogens is 196 g/mol. The highest BCUT2D eigenvalue weighted by atomic mass is 32.1. The summed E-state index contributed by atoms with van der Waals surface area (Å²) in [6.45, 7) is 3.58. The second-order valence-corrected chi connectivity index (χ2v) is 4.83. The molecule has 1 aliphatic rings. The summed E-state index contributed by atoms with van der Waals surface area (Å²) in [6, 6.07) is 4.55. The lowest BCUT2D eigenvalue weighted by Crippen LogP contribution is -2.28. The van der Waals surface area contributed by atoms with Crippen molar-refractivity contribution in [1.82, 2.24) is 10.6 Å². The SMILES string of the molecule is Cc1ccc(C2CNC(=O)CCN2)s1. The standard InChI is InChI=1S/C10H14N2OS/c1-7-2-3-9(14-7)8-6-12-10(13)4-5-11-8/h2-3,8,11H,4-6H2,1H3,(H,12,13). The molecule has 76 valence electrons. The van der Waals surface area contributed by atoms with Crippen molar-refractivity contribution in [1.29, 1.82) is 0 Å². The zero-order valence-corrected chi connectivity index (χ0v) is 8.99. The van der Waals surface area contributed by atoms with Crippen LogP contribution in [0.15, 0.2) is 12.1 Å². The monoisotopic (exact) mass is 210 g/mol. The number of nitrogens with one attached hydrogen (secondary N) is 2. The molecule has 1 aliphatic heterocycles. The fourth-order valence-electron chi connectivity index (χ4n) is 1.58. The third-order valence-corrected chi connectivity index (χ3v) is 3.47. The lowest BCUT2D eigenvalue weighted by molar-refractivity contribution is -0.120. The zero-order valence-electron chi connectivity index (χ0n) is 8.17. The van der Waals surface area contributed by atoms with Gasteiger partial charge in [0.2, 0.25) is 5.91 Å². The maximum absolute atomic E-state index is 11.1. The molecule has 2 heterocycles. The van der Waals surface area contributed by atoms with Crippen LogP contribution < -0.4 is 10.6 Å². The van der Waals surface area contributed by atoms with Gasteiger partial charge in [-0.3, -0.25) is 4.79 Å². The number of hydrogen-bond donors (Lipinski definition) is 2. The number of aryl methyl sites for hydroxylation is 1. The Labute approximate surface area is 87.5 Å². The number of carbonyl (C=O) groups is 1. The molecule has 1 amide bonds. The number of hydrogen-bond acceptors (Lipinski definition) is 3. The lowest BCUT2D eigenvalue weighted by atomic mass is 10.2. The molecule has 0 aliphatic carbocycles. The molecule has 2 rings (SSSR count). The van der Waals surface area contributed by atoms with Gasteiger partial charge in [0.1, 0.15) is 0 Å². The summed E-state index contributed by atoms with van der Waals surface area (Å²) < 4.78 is 0. The van der Waals surface area contributed by atoms with Gasteiger partial charge in [0.15, 0.2) is 0 Å². The minimum atomic E-state index is 0.147. The molecule has 1 aromatic rings. The van der Waals surface area contributed by atoms with Crippen LogP contribution >= 0.6 is 11.3 Å². The van der Waals surface area contributed by atoms with Crippen molar-refractivity contribution in [2.75, 3.05) is 13.1 Å². The van der Waals surface area contributed by atoms with E-state index in [0.29, 0.717) is 19.0 Å². The molecule has 0 saturated carbocycles. The van der Waals surface area contributed by atoms with Gasteiger partial charge < -0.3 is 10.6 Å². The van der Waals surface area contributed by atoms with Crippen LogP contribution in [-0.4, -0.2) is 19.0 Å². The quantitative estimate of drug-likeness (QED) is 0.731. The molecule has 0 aromatic carbocycles. The molecule has 4 heteroatoms. The smallest absolute Gasteiger partial charge is 0.221 e. The summed E-state index contributed by atoms with van der Waals surface area (Å²) in [5, 5.41) is 6.28. The van der Waals surface area contributed by atoms with Crippen molar-refractivity contribution in [3.05, 3.63) is 21.9 Å². The lowest BCUT2D eigenvalue weighted by Gasteiger charge is -2.12. The third-order valence-electron chi connectivity index (χ3n) is 2.35. The van der Waals surface area contributed by atoms with E-state index >= 15 is 0 Å². The number of amides is 1. The molecule has 14 heavy (non-hydrogen) atoms. The largest absolute Gasteiger partial charge is 0.354 e. The Morgan fingerprint density at radius 3 is 3.07 bits per heavy atom. The van der Waals surface area contributed by atoms with E-state index in [0.717, 1.165) is 6.54 Å². The van der Waals surface area contributed by atoms with Crippen LogP contribution in [0.2, 0.25) is 0 Å². The normalized spacial score (nSPS) is 22.9. The molecule has 0 spiro atoms. The average Bonchev–Trinajstić information content (AvgIpc) is 2.46. The number of rotatable bonds is 1. The first-order valence-corrected chi connectivity index (χ1v) is 5.64. The maximum atomic E-state index is 11.1. The summed E-state index contributed by atoms with van der Waals surface area (Å²) in [5.74, 6) is 0.147. The molecule has 0 radical (unpaired) electrons. The van der Waals surface area contributed by atoms with E-state index in [1.807, 2.05) is 0 Å². The van der Waals surface area contributed by atoms with E-state index in [4.69, 9.17) is 0 Å². The second-order valence-electron chi connectivity index (χ2n) is 3.51. The van der Waals surface area contributed by atoms with E-state index in [1.54, 1.807) is 11.3 Å². The molecule has 2 N–H and O–H groups in total. The first-order chi connectivity index (χ1) is 6.75. The molecule has 1 aromatic heterocycles. The molecule has 1 unspecified atom stereocenters. The second kappa shape index (κ2) is 4.11. The Hall–Kier alpha value is -0.870. The Kier molecular flexibility index (Phi) is 2.84. The van der Waals surface area contributed by atoms with E-state index in [2.05, 4.69) is 29.7 Å². The van der Waals surface area contributed by atoms with Crippen LogP contribution in [0.25, 0.3) is 0 Å². The van der Waals surface area contributed by atoms with Gasteiger partial charge in [0.05, 0.1) is 6.04 Å². The minimum Gasteiger partial charge on any atom is -0.354 e. The number of carbonyl (C=O) groups excluding carboxylic acids is 1. The highest BCUT2D eigenvalue weighted by Crippen LogP contribution is 2.22. The van der Waals surface area contributed by atoms with Crippen molar-refractivity contribution >= 4 is 17.2 Å². The van der Waals surface area contributed by atoms with Crippen LogP contribution in [0.3, 0.4) is 0 Å². The van der Waals surface area contributed by atoms with Gasteiger partial charge in [0.25, 0.3) is 0 Å². The summed E-state index contributed by atoms with van der Waals surface area (Å²) in [4.78, 5) is 13.7. The van der Waals surface area contributed by atoms with E-state index in [1.165, 1.54) is 9.75 Å². The Morgan fingerprint density at radius 1 is 1.50 bits per heavy atom. The minimum absolute atomic E-state index is 0.147. The summed E-state index contributed by atoms with van der Waals surface area (Å²) in [7, 11) is 0. The first kappa shape index (κ1) is 9.68. The van der Waals surface area contributed by atoms with Crippen molar-refractivity contribution < 1.29 is 4.79 Å². The van der Waals surface area contributed by atoms with Gasteiger partial charge >= 0.3 is 0 Å². The Morgan fingerprint density at radius 2 is 2.36 bits per heavy atom. The van der Waals surface area contributed by atoms with Crippen molar-refractivity contribution in [3.8, 4) is 0 Å². The fourth-order valence-corrected chi connectivity index (χ4v) is 2.53. The van der Waals surface area contributed by atoms with E-state index in [-0.39, 0.29) is 5.91 Å². The van der Waals surface area contributed by atoms with Gasteiger partial charge in [-0.05, 0) is 19.1 Å². The molecule has 1 fully saturated rings. The topological polar surface area (TPSA) is 41.1 Å². The van der Waals surface area contributed by atoms with Crippen LogP contribution in [0.5, 0.6) is 0 Å². The van der Waals surface area contributed by atoms with Crippen LogP contribution in [-0.2, 0) is 4.79 Å². The molecule has 1 saturated heterocycles. The molecular formula is C10H14N2OS. The van der Waals surface area contributed by atoms with Gasteiger partial charge in [0, 0.05) is 29.3 Å². The number of thiophene rings is 1. The van der Waals surface area contributed by atoms with Gasteiger partial charge in [-0.1, -0.05) is 0 Å². The summed E-state index contributed by atoms with van der Waals surface area (Å²) in [6.07, 6.45) is 0.584. The van der Waals surface area contributed by atoms with Crippen molar-refractivity contribution in [2.45, 2.75) is 19.4 Å². The third kappa shape index (κ3) is 2.13. The first-order valence-electron chi connectivity index (χ1n) is 4.82. The molecule has 0 bridgehead atoms. The van der Waals surface area contributed by atoms with Crippen LogP contribution in [0.1, 0.15) is 22.2 Å². The molecule has 3 nitrogen and oxygen atoms in total. The van der Waals surface area contributed by atoms with Crippen LogP contribution in [0.4, 0.5) is 0 Å². The van der Waals surface area contributed by atoms with E-state index < -0.39 is 0 Å². The predicted octanol–water partition coefficient (Wildman–Crippen LogP) is 1.21. The summed E-state index contributed by atoms with van der Waals surface area (Å²) in [5.41, 5.74) is 0. The van der Waals surface area contributed by atoms with E-state index in [9.17, 15) is 4.79 Å². The zero-order chi connectivity index (χ0) is 9.97. The summed E-state index contributed by atoms with van der Waals surface area (Å²) >= 11 is 1.79. The van der Waals surface area contributed by atoms with Gasteiger partial charge in [-0.25, -0.2) is 0 Å². The Bertz CT molecular complexity index is 335. The van der Waals surface area contributed by atoms with Crippen LogP contribution in [0, 0.1) is 6.92 Å².